The Morgan fingerprint density at radius 3 is 2.53 bits per heavy atom. The van der Waals surface area contributed by atoms with E-state index in [0.29, 0.717) is 11.0 Å². The van der Waals surface area contributed by atoms with E-state index in [0.717, 1.165) is 12.1 Å². The lowest BCUT2D eigenvalue weighted by Gasteiger charge is -2.24. The fraction of sp³-hybridized carbons (Fsp3) is 0.267. The van der Waals surface area contributed by atoms with Crippen LogP contribution in [-0.2, 0) is 6.54 Å². The summed E-state index contributed by atoms with van der Waals surface area (Å²) in [4.78, 5) is 4.35. The van der Waals surface area contributed by atoms with Gasteiger partial charge in [0.15, 0.2) is 0 Å². The van der Waals surface area contributed by atoms with Crippen LogP contribution in [0.25, 0.3) is 0 Å². The summed E-state index contributed by atoms with van der Waals surface area (Å²) in [5, 5.41) is 2.14. The number of nitrogens with zero attached hydrogens (tertiary/aromatic N) is 1. The van der Waals surface area contributed by atoms with Gasteiger partial charge in [-0.25, -0.2) is 0 Å². The summed E-state index contributed by atoms with van der Waals surface area (Å²) in [6.07, 6.45) is 2.59. The van der Waals surface area contributed by atoms with Crippen molar-refractivity contribution in [2.45, 2.75) is 25.4 Å². The Bertz CT molecular complexity index is 556. The van der Waals surface area contributed by atoms with Crippen LogP contribution in [0.1, 0.15) is 23.3 Å². The van der Waals surface area contributed by atoms with Crippen LogP contribution in [0.2, 0.25) is 0 Å². The normalized spacial score (nSPS) is 14.3. The van der Waals surface area contributed by atoms with Crippen molar-refractivity contribution in [1.29, 1.82) is 0 Å². The molecule has 1 aliphatic carbocycles. The SMILES string of the molecule is NC(=S)c1ccc(N(Cc2cccs2)C2CC2)cc1. The fourth-order valence-electron chi connectivity index (χ4n) is 2.21. The highest BCUT2D eigenvalue weighted by molar-refractivity contribution is 7.80. The minimum absolute atomic E-state index is 0.461. The summed E-state index contributed by atoms with van der Waals surface area (Å²) < 4.78 is 0. The first-order valence-electron chi connectivity index (χ1n) is 6.43. The zero-order chi connectivity index (χ0) is 13.2. The van der Waals surface area contributed by atoms with Crippen LogP contribution < -0.4 is 10.6 Å². The largest absolute Gasteiger partial charge is 0.389 e. The molecular weight excluding hydrogens is 272 g/mol. The number of hydrogen-bond acceptors (Lipinski definition) is 3. The topological polar surface area (TPSA) is 29.3 Å². The molecule has 0 atom stereocenters. The molecule has 4 heteroatoms. The highest BCUT2D eigenvalue weighted by Gasteiger charge is 2.29. The molecule has 0 radical (unpaired) electrons. The molecule has 98 valence electrons. The fourth-order valence-corrected chi connectivity index (χ4v) is 3.04. The van der Waals surface area contributed by atoms with E-state index in [4.69, 9.17) is 18.0 Å². The quantitative estimate of drug-likeness (QED) is 0.853. The summed E-state index contributed by atoms with van der Waals surface area (Å²) >= 11 is 6.81. The van der Waals surface area contributed by atoms with Crippen molar-refractivity contribution in [3.05, 3.63) is 52.2 Å². The number of benzene rings is 1. The minimum Gasteiger partial charge on any atom is -0.389 e. The van der Waals surface area contributed by atoms with Gasteiger partial charge in [-0.05, 0) is 48.6 Å². The van der Waals surface area contributed by atoms with Gasteiger partial charge in [-0.2, -0.15) is 0 Å². The third-order valence-corrected chi connectivity index (χ3v) is 4.47. The molecule has 2 N–H and O–H groups in total. The third-order valence-electron chi connectivity index (χ3n) is 3.38. The molecule has 2 aromatic rings. The van der Waals surface area contributed by atoms with Crippen LogP contribution >= 0.6 is 23.6 Å². The predicted molar refractivity (Wildman–Crippen MR) is 85.9 cm³/mol. The van der Waals surface area contributed by atoms with Gasteiger partial charge in [-0.3, -0.25) is 0 Å². The molecule has 3 rings (SSSR count). The molecule has 1 aromatic carbocycles. The summed E-state index contributed by atoms with van der Waals surface area (Å²) in [5.74, 6) is 0. The maximum atomic E-state index is 5.64. The monoisotopic (exact) mass is 288 g/mol. The van der Waals surface area contributed by atoms with Crippen molar-refractivity contribution < 1.29 is 0 Å². The van der Waals surface area contributed by atoms with Crippen molar-refractivity contribution in [2.24, 2.45) is 5.73 Å². The Morgan fingerprint density at radius 1 is 1.26 bits per heavy atom. The van der Waals surface area contributed by atoms with Gasteiger partial charge in [0.05, 0.1) is 6.54 Å². The summed E-state index contributed by atoms with van der Waals surface area (Å²) in [5.41, 5.74) is 7.84. The Kier molecular flexibility index (Phi) is 3.53. The number of anilines is 1. The van der Waals surface area contributed by atoms with Crippen LogP contribution in [0.15, 0.2) is 41.8 Å². The number of nitrogens with two attached hydrogens (primary N) is 1. The number of thiocarbonyl (C=S) groups is 1. The highest BCUT2D eigenvalue weighted by atomic mass is 32.1. The lowest BCUT2D eigenvalue weighted by atomic mass is 10.2. The van der Waals surface area contributed by atoms with Crippen molar-refractivity contribution in [1.82, 2.24) is 0 Å². The van der Waals surface area contributed by atoms with E-state index >= 15 is 0 Å². The summed E-state index contributed by atoms with van der Waals surface area (Å²) in [6.45, 7) is 0.995. The molecule has 1 heterocycles. The van der Waals surface area contributed by atoms with E-state index < -0.39 is 0 Å². The average Bonchev–Trinajstić information content (AvgIpc) is 3.13. The molecule has 0 unspecified atom stereocenters. The first kappa shape index (κ1) is 12.6. The van der Waals surface area contributed by atoms with Crippen LogP contribution in [-0.4, -0.2) is 11.0 Å². The van der Waals surface area contributed by atoms with Crippen molar-refractivity contribution in [3.63, 3.8) is 0 Å². The Balaban J connectivity index is 1.81. The summed E-state index contributed by atoms with van der Waals surface area (Å²) in [7, 11) is 0. The molecule has 19 heavy (non-hydrogen) atoms. The molecular formula is C15H16N2S2. The van der Waals surface area contributed by atoms with Gasteiger partial charge in [-0.15, -0.1) is 11.3 Å². The van der Waals surface area contributed by atoms with E-state index in [1.54, 1.807) is 0 Å². The van der Waals surface area contributed by atoms with Crippen molar-refractivity contribution in [2.75, 3.05) is 4.90 Å². The van der Waals surface area contributed by atoms with E-state index in [1.807, 2.05) is 23.5 Å². The van der Waals surface area contributed by atoms with Gasteiger partial charge in [0, 0.05) is 22.2 Å². The van der Waals surface area contributed by atoms with Gasteiger partial charge in [0.2, 0.25) is 0 Å². The van der Waals surface area contributed by atoms with Crippen LogP contribution in [0.4, 0.5) is 5.69 Å². The molecule has 1 fully saturated rings. The van der Waals surface area contributed by atoms with E-state index in [-0.39, 0.29) is 0 Å². The first-order valence-corrected chi connectivity index (χ1v) is 7.72. The van der Waals surface area contributed by atoms with Gasteiger partial charge in [0.25, 0.3) is 0 Å². The second kappa shape index (κ2) is 5.31. The van der Waals surface area contributed by atoms with Gasteiger partial charge in [-0.1, -0.05) is 18.3 Å². The number of thiophene rings is 1. The first-order chi connectivity index (χ1) is 9.24. The Hall–Kier alpha value is -1.39. The molecule has 0 aliphatic heterocycles. The molecule has 2 nitrogen and oxygen atoms in total. The third kappa shape index (κ3) is 2.96. The standard InChI is InChI=1S/C15H16N2S2/c16-15(18)11-3-5-12(6-4-11)17(13-7-8-13)10-14-2-1-9-19-14/h1-6,9,13H,7-8,10H2,(H2,16,18). The smallest absolute Gasteiger partial charge is 0.103 e. The maximum absolute atomic E-state index is 5.64. The van der Waals surface area contributed by atoms with Gasteiger partial charge in [0.1, 0.15) is 4.99 Å². The molecule has 0 saturated heterocycles. The average molecular weight is 288 g/mol. The van der Waals surface area contributed by atoms with Crippen LogP contribution in [0.3, 0.4) is 0 Å². The molecule has 0 bridgehead atoms. The minimum atomic E-state index is 0.461. The van der Waals surface area contributed by atoms with Gasteiger partial charge < -0.3 is 10.6 Å². The van der Waals surface area contributed by atoms with Gasteiger partial charge >= 0.3 is 0 Å². The molecule has 1 aromatic heterocycles. The Morgan fingerprint density at radius 2 is 2.00 bits per heavy atom. The zero-order valence-electron chi connectivity index (χ0n) is 10.6. The predicted octanol–water partition coefficient (Wildman–Crippen LogP) is 3.55. The van der Waals surface area contributed by atoms with Crippen molar-refractivity contribution >= 4 is 34.2 Å². The zero-order valence-corrected chi connectivity index (χ0v) is 12.2. The summed E-state index contributed by atoms with van der Waals surface area (Å²) in [6, 6.07) is 13.3. The second-order valence-corrected chi connectivity index (χ2v) is 6.32. The van der Waals surface area contributed by atoms with Crippen LogP contribution in [0.5, 0.6) is 0 Å². The van der Waals surface area contributed by atoms with E-state index in [2.05, 4.69) is 34.5 Å². The number of rotatable bonds is 5. The maximum Gasteiger partial charge on any atom is 0.103 e. The second-order valence-electron chi connectivity index (χ2n) is 4.85. The van der Waals surface area contributed by atoms with E-state index in [9.17, 15) is 0 Å². The molecule has 1 aliphatic rings. The van der Waals surface area contributed by atoms with Crippen molar-refractivity contribution in [3.8, 4) is 0 Å². The van der Waals surface area contributed by atoms with Crippen LogP contribution in [0, 0.1) is 0 Å². The Labute approximate surface area is 122 Å². The lowest BCUT2D eigenvalue weighted by Crippen LogP contribution is -2.24. The lowest BCUT2D eigenvalue weighted by molar-refractivity contribution is 0.803. The van der Waals surface area contributed by atoms with E-state index in [1.165, 1.54) is 23.4 Å². The molecule has 0 spiro atoms. The molecule has 1 saturated carbocycles. The highest BCUT2D eigenvalue weighted by Crippen LogP contribution is 2.33. The number of hydrogen-bond donors (Lipinski definition) is 1. The molecule has 0 amide bonds.